The Balaban J connectivity index is 1.63. The van der Waals surface area contributed by atoms with E-state index < -0.39 is 29.6 Å². The predicted molar refractivity (Wildman–Crippen MR) is 156 cm³/mol. The van der Waals surface area contributed by atoms with Crippen molar-refractivity contribution in [2.45, 2.75) is 12.3 Å². The molecular weight excluding hydrogens is 601 g/mol. The van der Waals surface area contributed by atoms with Crippen LogP contribution in [0.4, 0.5) is 30.7 Å². The highest BCUT2D eigenvalue weighted by Crippen LogP contribution is 2.40. The van der Waals surface area contributed by atoms with Crippen LogP contribution in [0.5, 0.6) is 11.5 Å². The van der Waals surface area contributed by atoms with Crippen molar-refractivity contribution in [2.24, 2.45) is 0 Å². The highest BCUT2D eigenvalue weighted by Gasteiger charge is 2.31. The lowest BCUT2D eigenvalue weighted by Gasteiger charge is -2.32. The smallest absolute Gasteiger partial charge is 0.344 e. The summed E-state index contributed by atoms with van der Waals surface area (Å²) in [5.74, 6) is -1.03. The topological polar surface area (TPSA) is 35.5 Å². The van der Waals surface area contributed by atoms with Gasteiger partial charge in [-0.05, 0) is 83.3 Å². The molecule has 0 atom stereocenters. The highest BCUT2D eigenvalue weighted by molar-refractivity contribution is 6.04. The summed E-state index contributed by atoms with van der Waals surface area (Å²) in [4.78, 5) is 12.3. The Labute approximate surface area is 253 Å². The molecule has 0 fully saturated rings. The molecule has 4 rings (SSSR count). The molecule has 0 aliphatic rings. The number of halogens is 7. The monoisotopic (exact) mass is 624 g/mol. The zero-order valence-electron chi connectivity index (χ0n) is 23.4. The minimum Gasteiger partial charge on any atom is -0.428 e. The third kappa shape index (κ3) is 8.38. The fraction of sp³-hybridized carbons (Fsp3) is 0.0571. The van der Waals surface area contributed by atoms with Crippen molar-refractivity contribution in [1.29, 1.82) is 0 Å². The second-order valence-electron chi connectivity index (χ2n) is 9.69. The zero-order valence-corrected chi connectivity index (χ0v) is 23.4. The summed E-state index contributed by atoms with van der Waals surface area (Å²) in [5.41, 5.74) is 2.31. The third-order valence-corrected chi connectivity index (χ3v) is 6.81. The van der Waals surface area contributed by atoms with Gasteiger partial charge in [-0.1, -0.05) is 72.8 Å². The highest BCUT2D eigenvalue weighted by atomic mass is 19.3. The van der Waals surface area contributed by atoms with Crippen molar-refractivity contribution in [3.8, 4) is 11.5 Å². The number of allylic oxidation sites excluding steroid dienone is 2. The molecule has 0 spiro atoms. The fourth-order valence-corrected chi connectivity index (χ4v) is 4.41. The van der Waals surface area contributed by atoms with Crippen LogP contribution in [0, 0.1) is 5.82 Å². The molecule has 0 N–H and O–H groups in total. The third-order valence-electron chi connectivity index (χ3n) is 6.81. The summed E-state index contributed by atoms with van der Waals surface area (Å²) < 4.78 is 98.7. The van der Waals surface area contributed by atoms with Gasteiger partial charge in [-0.25, -0.2) is 4.39 Å². The molecule has 0 heterocycles. The minimum atomic E-state index is -2.61. The van der Waals surface area contributed by atoms with Crippen molar-refractivity contribution >= 4 is 17.9 Å². The molecule has 10 heteroatoms. The summed E-state index contributed by atoms with van der Waals surface area (Å²) in [5, 5.41) is 0. The molecule has 4 aromatic carbocycles. The maximum absolute atomic E-state index is 13.3. The van der Waals surface area contributed by atoms with Crippen LogP contribution in [0.2, 0.25) is 0 Å². The molecule has 230 valence electrons. The van der Waals surface area contributed by atoms with Crippen LogP contribution in [0.15, 0.2) is 133 Å². The van der Waals surface area contributed by atoms with Crippen LogP contribution in [0.1, 0.15) is 34.7 Å². The molecule has 0 aliphatic heterocycles. The first-order valence-corrected chi connectivity index (χ1v) is 13.2. The van der Waals surface area contributed by atoms with E-state index in [2.05, 4.69) is 9.47 Å². The lowest BCUT2D eigenvalue weighted by Crippen LogP contribution is -2.25. The number of carbonyl (C=O) groups excluding carboxylic acids is 1. The largest absolute Gasteiger partial charge is 0.428 e. The van der Waals surface area contributed by atoms with Gasteiger partial charge in [0.1, 0.15) is 17.3 Å². The first kappa shape index (κ1) is 32.5. The van der Waals surface area contributed by atoms with Gasteiger partial charge in [0.2, 0.25) is 0 Å². The number of hydrogen-bond donors (Lipinski definition) is 0. The molecule has 0 aromatic heterocycles. The number of carbonyl (C=O) groups is 1. The standard InChI is InChI=1S/C35H23F7O3/c1-35(25-10-18-29(19-11-25)44-33(41)31(37)38,26-12-20-30(21-13-26)45-34(42)32(39)40)24-8-2-22(3-9-24)6-16-28(43)17-7-23-4-14-27(36)15-5-23/h2-21H,1H3/b16-6+,17-7+. The lowest BCUT2D eigenvalue weighted by molar-refractivity contribution is -0.110. The van der Waals surface area contributed by atoms with Gasteiger partial charge >= 0.3 is 24.2 Å². The average Bonchev–Trinajstić information content (AvgIpc) is 3.04. The Bertz CT molecular complexity index is 1680. The number of ketones is 1. The number of benzene rings is 4. The van der Waals surface area contributed by atoms with Gasteiger partial charge in [0, 0.05) is 5.41 Å². The molecule has 4 aromatic rings. The molecule has 0 aliphatic carbocycles. The maximum atomic E-state index is 13.3. The maximum Gasteiger partial charge on any atom is 0.344 e. The fourth-order valence-electron chi connectivity index (χ4n) is 4.41. The van der Waals surface area contributed by atoms with Crippen LogP contribution >= 0.6 is 0 Å². The molecule has 0 radical (unpaired) electrons. The minimum absolute atomic E-state index is 0.177. The Morgan fingerprint density at radius 2 is 0.889 bits per heavy atom. The average molecular weight is 625 g/mol. The van der Waals surface area contributed by atoms with Gasteiger partial charge in [-0.15, -0.1) is 0 Å². The summed E-state index contributed by atoms with van der Waals surface area (Å²) >= 11 is 0. The van der Waals surface area contributed by atoms with E-state index in [-0.39, 0.29) is 23.1 Å². The van der Waals surface area contributed by atoms with Crippen molar-refractivity contribution < 1.29 is 45.0 Å². The zero-order chi connectivity index (χ0) is 32.6. The molecule has 0 saturated carbocycles. The molecule has 3 nitrogen and oxygen atoms in total. The van der Waals surface area contributed by atoms with E-state index in [1.165, 1.54) is 60.7 Å². The van der Waals surface area contributed by atoms with Crippen molar-refractivity contribution in [2.75, 3.05) is 0 Å². The van der Waals surface area contributed by atoms with E-state index in [0.717, 1.165) is 0 Å². The molecule has 0 amide bonds. The van der Waals surface area contributed by atoms with Crippen molar-refractivity contribution in [3.05, 3.63) is 167 Å². The first-order chi connectivity index (χ1) is 21.4. The van der Waals surface area contributed by atoms with Crippen LogP contribution in [-0.2, 0) is 10.2 Å². The summed E-state index contributed by atoms with van der Waals surface area (Å²) in [6.07, 6.45) is 0.672. The van der Waals surface area contributed by atoms with E-state index >= 15 is 0 Å². The Hall–Kier alpha value is -5.38. The second-order valence-corrected chi connectivity index (χ2v) is 9.69. The van der Waals surface area contributed by atoms with Crippen LogP contribution in [-0.4, -0.2) is 5.78 Å². The normalized spacial score (nSPS) is 11.5. The lowest BCUT2D eigenvalue weighted by atomic mass is 9.71. The SMILES string of the molecule is CC(c1ccc(/C=C/C(=O)/C=C/c2ccc(F)cc2)cc1)(c1ccc(OC(F)=C(F)F)cc1)c1ccc(OC(F)=C(F)F)cc1. The first-order valence-electron chi connectivity index (χ1n) is 13.2. The van der Waals surface area contributed by atoms with E-state index in [4.69, 9.17) is 0 Å². The number of rotatable bonds is 11. The molecule has 0 unspecified atom stereocenters. The van der Waals surface area contributed by atoms with Crippen LogP contribution in [0.3, 0.4) is 0 Å². The van der Waals surface area contributed by atoms with Crippen LogP contribution < -0.4 is 9.47 Å². The molecular formula is C35H23F7O3. The van der Waals surface area contributed by atoms with E-state index in [9.17, 15) is 35.5 Å². The predicted octanol–water partition coefficient (Wildman–Crippen LogP) is 10.3. The summed E-state index contributed by atoms with van der Waals surface area (Å²) in [7, 11) is 0. The summed E-state index contributed by atoms with van der Waals surface area (Å²) in [6, 6.07) is 20.1. The van der Waals surface area contributed by atoms with E-state index in [1.807, 2.05) is 6.92 Å². The van der Waals surface area contributed by atoms with Crippen LogP contribution in [0.25, 0.3) is 12.2 Å². The van der Waals surface area contributed by atoms with Gasteiger partial charge in [0.15, 0.2) is 5.78 Å². The Morgan fingerprint density at radius 1 is 0.556 bits per heavy atom. The van der Waals surface area contributed by atoms with Gasteiger partial charge < -0.3 is 9.47 Å². The molecule has 45 heavy (non-hydrogen) atoms. The molecule has 0 saturated heterocycles. The van der Waals surface area contributed by atoms with E-state index in [0.29, 0.717) is 27.8 Å². The molecule has 0 bridgehead atoms. The van der Waals surface area contributed by atoms with Crippen molar-refractivity contribution in [3.63, 3.8) is 0 Å². The quantitative estimate of drug-likeness (QED) is 0.0721. The number of hydrogen-bond acceptors (Lipinski definition) is 3. The van der Waals surface area contributed by atoms with Gasteiger partial charge in [-0.2, -0.15) is 26.3 Å². The Morgan fingerprint density at radius 3 is 1.24 bits per heavy atom. The van der Waals surface area contributed by atoms with Gasteiger partial charge in [0.25, 0.3) is 0 Å². The van der Waals surface area contributed by atoms with Gasteiger partial charge in [-0.3, -0.25) is 4.79 Å². The van der Waals surface area contributed by atoms with Gasteiger partial charge in [0.05, 0.1) is 0 Å². The number of ether oxygens (including phenoxy) is 2. The Kier molecular flexibility index (Phi) is 10.4. The van der Waals surface area contributed by atoms with E-state index in [1.54, 1.807) is 60.7 Å². The van der Waals surface area contributed by atoms with Crippen molar-refractivity contribution in [1.82, 2.24) is 0 Å². The second kappa shape index (κ2) is 14.4. The summed E-state index contributed by atoms with van der Waals surface area (Å²) in [6.45, 7) is 1.83.